The molecule has 1 saturated carbocycles. The molecule has 0 aromatic heterocycles. The van der Waals surface area contributed by atoms with Crippen molar-refractivity contribution in [2.75, 3.05) is 36.5 Å². The maximum atomic E-state index is 13.0. The molecular formula is C16H19F3N2O2. The summed E-state index contributed by atoms with van der Waals surface area (Å²) in [4.78, 5) is 14.1. The van der Waals surface area contributed by atoms with Crippen LogP contribution in [0.25, 0.3) is 0 Å². The van der Waals surface area contributed by atoms with E-state index in [9.17, 15) is 18.0 Å². The largest absolute Gasteiger partial charge is 0.416 e. The molecule has 1 aromatic carbocycles. The number of nitrogens with zero attached hydrogens (tertiary/aromatic N) is 1. The molecule has 1 N–H and O–H groups in total. The van der Waals surface area contributed by atoms with Crippen LogP contribution in [0.15, 0.2) is 18.2 Å². The van der Waals surface area contributed by atoms with E-state index in [-0.39, 0.29) is 17.5 Å². The first-order valence-corrected chi connectivity index (χ1v) is 7.71. The van der Waals surface area contributed by atoms with Crippen LogP contribution in [0.4, 0.5) is 24.5 Å². The van der Waals surface area contributed by atoms with Crippen molar-refractivity contribution in [3.63, 3.8) is 0 Å². The highest BCUT2D eigenvalue weighted by Crippen LogP contribution is 2.40. The minimum atomic E-state index is -4.43. The van der Waals surface area contributed by atoms with Crippen molar-refractivity contribution in [2.24, 2.45) is 11.8 Å². The van der Waals surface area contributed by atoms with E-state index in [0.29, 0.717) is 37.9 Å². The van der Waals surface area contributed by atoms with Gasteiger partial charge >= 0.3 is 6.18 Å². The standard InChI is InChI=1S/C16H19F3N2O2/c1-10-8-12(10)15(22)20-13-9-11(16(17,18)19)2-3-14(13)21-4-6-23-7-5-21/h2-3,9-10,12H,4-8H2,1H3,(H,20,22)/t10-,12-/m1/s1. The summed E-state index contributed by atoms with van der Waals surface area (Å²) in [7, 11) is 0. The van der Waals surface area contributed by atoms with Gasteiger partial charge in [-0.15, -0.1) is 0 Å². The monoisotopic (exact) mass is 328 g/mol. The Bertz CT molecular complexity index is 597. The predicted molar refractivity (Wildman–Crippen MR) is 80.4 cm³/mol. The van der Waals surface area contributed by atoms with Crippen molar-refractivity contribution in [1.82, 2.24) is 0 Å². The Morgan fingerprint density at radius 2 is 1.96 bits per heavy atom. The van der Waals surface area contributed by atoms with Crippen LogP contribution < -0.4 is 10.2 Å². The minimum Gasteiger partial charge on any atom is -0.378 e. The van der Waals surface area contributed by atoms with Gasteiger partial charge in [0.25, 0.3) is 0 Å². The average molecular weight is 328 g/mol. The molecule has 1 aliphatic heterocycles. The Morgan fingerprint density at radius 3 is 2.52 bits per heavy atom. The third kappa shape index (κ3) is 3.60. The van der Waals surface area contributed by atoms with Gasteiger partial charge in [0.2, 0.25) is 5.91 Å². The smallest absolute Gasteiger partial charge is 0.378 e. The average Bonchev–Trinajstić information content (AvgIpc) is 3.24. The molecule has 0 radical (unpaired) electrons. The zero-order valence-corrected chi connectivity index (χ0v) is 12.8. The van der Waals surface area contributed by atoms with Gasteiger partial charge < -0.3 is 15.0 Å². The normalized spacial score (nSPS) is 24.4. The summed E-state index contributed by atoms with van der Waals surface area (Å²) < 4.78 is 44.2. The van der Waals surface area contributed by atoms with Gasteiger partial charge in [0, 0.05) is 19.0 Å². The molecular weight excluding hydrogens is 309 g/mol. The quantitative estimate of drug-likeness (QED) is 0.927. The molecule has 1 aliphatic carbocycles. The molecule has 1 heterocycles. The van der Waals surface area contributed by atoms with Crippen LogP contribution in [0.5, 0.6) is 0 Å². The number of halogens is 3. The molecule has 2 aliphatic rings. The Balaban J connectivity index is 1.89. The van der Waals surface area contributed by atoms with Gasteiger partial charge in [0.15, 0.2) is 0 Å². The third-order valence-corrected chi connectivity index (χ3v) is 4.38. The summed E-state index contributed by atoms with van der Waals surface area (Å²) >= 11 is 0. The molecule has 1 aromatic rings. The molecule has 1 saturated heterocycles. The topological polar surface area (TPSA) is 41.6 Å². The highest BCUT2D eigenvalue weighted by Gasteiger charge is 2.39. The lowest BCUT2D eigenvalue weighted by molar-refractivity contribution is -0.137. The molecule has 7 heteroatoms. The van der Waals surface area contributed by atoms with E-state index in [0.717, 1.165) is 18.6 Å². The summed E-state index contributed by atoms with van der Waals surface area (Å²) in [5.74, 6) is 0.000974. The van der Waals surface area contributed by atoms with Crippen LogP contribution in [0, 0.1) is 11.8 Å². The van der Waals surface area contributed by atoms with E-state index in [4.69, 9.17) is 4.74 Å². The zero-order chi connectivity index (χ0) is 16.6. The molecule has 0 unspecified atom stereocenters. The lowest BCUT2D eigenvalue weighted by Gasteiger charge is -2.31. The van der Waals surface area contributed by atoms with Crippen LogP contribution in [0.3, 0.4) is 0 Å². The van der Waals surface area contributed by atoms with Crippen LogP contribution in [0.2, 0.25) is 0 Å². The Morgan fingerprint density at radius 1 is 1.30 bits per heavy atom. The van der Waals surface area contributed by atoms with Crippen molar-refractivity contribution in [1.29, 1.82) is 0 Å². The van der Waals surface area contributed by atoms with Crippen LogP contribution in [0.1, 0.15) is 18.9 Å². The number of carbonyl (C=O) groups excluding carboxylic acids is 1. The van der Waals surface area contributed by atoms with Gasteiger partial charge in [-0.1, -0.05) is 6.92 Å². The Hall–Kier alpha value is -1.76. The second-order valence-corrected chi connectivity index (χ2v) is 6.14. The van der Waals surface area contributed by atoms with E-state index < -0.39 is 11.7 Å². The molecule has 2 atom stereocenters. The summed E-state index contributed by atoms with van der Waals surface area (Å²) in [6.07, 6.45) is -3.65. The van der Waals surface area contributed by atoms with E-state index in [1.807, 2.05) is 11.8 Å². The minimum absolute atomic E-state index is 0.0953. The van der Waals surface area contributed by atoms with E-state index in [1.165, 1.54) is 6.07 Å². The van der Waals surface area contributed by atoms with Gasteiger partial charge in [-0.3, -0.25) is 4.79 Å². The highest BCUT2D eigenvalue weighted by atomic mass is 19.4. The number of hydrogen-bond acceptors (Lipinski definition) is 3. The summed E-state index contributed by atoms with van der Waals surface area (Å²) in [5, 5.41) is 2.69. The SMILES string of the molecule is C[C@@H]1C[C@H]1C(=O)Nc1cc(C(F)(F)F)ccc1N1CCOCC1. The molecule has 2 fully saturated rings. The summed E-state index contributed by atoms with van der Waals surface area (Å²) in [5.41, 5.74) is 0.0856. The van der Waals surface area contributed by atoms with Crippen molar-refractivity contribution >= 4 is 17.3 Å². The number of ether oxygens (including phenoxy) is 1. The molecule has 1 amide bonds. The number of carbonyl (C=O) groups is 1. The predicted octanol–water partition coefficient (Wildman–Crippen LogP) is 3.14. The lowest BCUT2D eigenvalue weighted by atomic mass is 10.1. The van der Waals surface area contributed by atoms with Gasteiger partial charge in [0.1, 0.15) is 0 Å². The summed E-state index contributed by atoms with van der Waals surface area (Å²) in [6, 6.07) is 3.51. The Labute approximate surface area is 132 Å². The van der Waals surface area contributed by atoms with Gasteiger partial charge in [0.05, 0.1) is 30.2 Å². The molecule has 126 valence electrons. The maximum Gasteiger partial charge on any atom is 0.416 e. The highest BCUT2D eigenvalue weighted by molar-refractivity contribution is 5.97. The van der Waals surface area contributed by atoms with Crippen LogP contribution in [-0.2, 0) is 15.7 Å². The van der Waals surface area contributed by atoms with E-state index in [2.05, 4.69) is 5.32 Å². The molecule has 3 rings (SSSR count). The number of rotatable bonds is 3. The fraction of sp³-hybridized carbons (Fsp3) is 0.562. The van der Waals surface area contributed by atoms with Gasteiger partial charge in [-0.25, -0.2) is 0 Å². The fourth-order valence-corrected chi connectivity index (χ4v) is 2.81. The second-order valence-electron chi connectivity index (χ2n) is 6.14. The number of hydrogen-bond donors (Lipinski definition) is 1. The number of alkyl halides is 3. The number of morpholine rings is 1. The molecule has 23 heavy (non-hydrogen) atoms. The molecule has 0 bridgehead atoms. The van der Waals surface area contributed by atoms with Crippen LogP contribution >= 0.6 is 0 Å². The first-order valence-electron chi connectivity index (χ1n) is 7.71. The van der Waals surface area contributed by atoms with Gasteiger partial charge in [-0.05, 0) is 30.5 Å². The fourth-order valence-electron chi connectivity index (χ4n) is 2.81. The molecule has 0 spiro atoms. The van der Waals surface area contributed by atoms with Crippen LogP contribution in [-0.4, -0.2) is 32.2 Å². The summed E-state index contributed by atoms with van der Waals surface area (Å²) in [6.45, 7) is 4.18. The van der Waals surface area contributed by atoms with Crippen molar-refractivity contribution < 1.29 is 22.7 Å². The number of benzene rings is 1. The third-order valence-electron chi connectivity index (χ3n) is 4.38. The van der Waals surface area contributed by atoms with E-state index in [1.54, 1.807) is 0 Å². The number of anilines is 2. The van der Waals surface area contributed by atoms with Crippen molar-refractivity contribution in [3.05, 3.63) is 23.8 Å². The lowest BCUT2D eigenvalue weighted by Crippen LogP contribution is -2.37. The van der Waals surface area contributed by atoms with Crippen molar-refractivity contribution in [2.45, 2.75) is 19.5 Å². The zero-order valence-electron chi connectivity index (χ0n) is 12.8. The maximum absolute atomic E-state index is 13.0. The van der Waals surface area contributed by atoms with Crippen molar-refractivity contribution in [3.8, 4) is 0 Å². The van der Waals surface area contributed by atoms with Gasteiger partial charge in [-0.2, -0.15) is 13.2 Å². The first kappa shape index (κ1) is 16.1. The Kier molecular flexibility index (Phi) is 4.23. The number of nitrogens with one attached hydrogen (secondary N) is 1. The first-order chi connectivity index (χ1) is 10.9. The van der Waals surface area contributed by atoms with E-state index >= 15 is 0 Å². The molecule has 4 nitrogen and oxygen atoms in total. The number of amides is 1. The second kappa shape index (κ2) is 6.03.